The third-order valence-electron chi connectivity index (χ3n) is 5.70. The number of tetrazole rings is 1. The summed E-state index contributed by atoms with van der Waals surface area (Å²) in [5.41, 5.74) is 3.53. The van der Waals surface area contributed by atoms with Crippen LogP contribution in [0, 0.1) is 0 Å². The van der Waals surface area contributed by atoms with Crippen LogP contribution < -0.4 is 20.1 Å². The van der Waals surface area contributed by atoms with E-state index in [1.165, 1.54) is 0 Å². The maximum Gasteiger partial charge on any atom is 0.255 e. The normalized spacial score (nSPS) is 14.6. The lowest BCUT2D eigenvalue weighted by Gasteiger charge is -2.28. The van der Waals surface area contributed by atoms with Gasteiger partial charge in [-0.1, -0.05) is 41.5 Å². The molecule has 0 unspecified atom stereocenters. The molecule has 0 spiro atoms. The number of fused-ring (bicyclic) bond motifs is 1. The minimum absolute atomic E-state index is 0.290. The summed E-state index contributed by atoms with van der Waals surface area (Å²) in [6, 6.07) is 18.5. The van der Waals surface area contributed by atoms with Crippen LogP contribution in [0.5, 0.6) is 11.5 Å². The van der Waals surface area contributed by atoms with Gasteiger partial charge in [-0.05, 0) is 59.7 Å². The molecule has 10 heteroatoms. The summed E-state index contributed by atoms with van der Waals surface area (Å²) in [6.45, 7) is 4.60. The number of nitrogens with zero attached hydrogens (tertiary/aromatic N) is 5. The lowest BCUT2D eigenvalue weighted by molar-refractivity contribution is -0.113. The van der Waals surface area contributed by atoms with Crippen LogP contribution in [0.15, 0.2) is 84.3 Å². The van der Waals surface area contributed by atoms with Crippen LogP contribution >= 0.6 is 0 Å². The molecular formula is C26H25N7O3. The van der Waals surface area contributed by atoms with Crippen molar-refractivity contribution in [1.29, 1.82) is 0 Å². The largest absolute Gasteiger partial charge is 0.490 e. The van der Waals surface area contributed by atoms with Crippen molar-refractivity contribution in [2.75, 3.05) is 17.2 Å². The van der Waals surface area contributed by atoms with Gasteiger partial charge in [0.2, 0.25) is 5.95 Å². The van der Waals surface area contributed by atoms with E-state index in [9.17, 15) is 4.79 Å². The molecule has 4 aromatic rings. The molecule has 1 atom stereocenters. The smallest absolute Gasteiger partial charge is 0.255 e. The second-order valence-electron chi connectivity index (χ2n) is 8.12. The van der Waals surface area contributed by atoms with Gasteiger partial charge < -0.3 is 20.1 Å². The van der Waals surface area contributed by atoms with E-state index in [0.29, 0.717) is 47.6 Å². The van der Waals surface area contributed by atoms with Gasteiger partial charge in [-0.2, -0.15) is 4.68 Å². The number of ether oxygens (including phenoxy) is 2. The Kier molecular flexibility index (Phi) is 6.57. The van der Waals surface area contributed by atoms with Crippen molar-refractivity contribution < 1.29 is 14.3 Å². The van der Waals surface area contributed by atoms with Crippen LogP contribution in [0.3, 0.4) is 0 Å². The summed E-state index contributed by atoms with van der Waals surface area (Å²) < 4.78 is 13.6. The molecule has 1 amide bonds. The molecule has 0 bridgehead atoms. The molecule has 1 aliphatic heterocycles. The fourth-order valence-electron chi connectivity index (χ4n) is 4.07. The van der Waals surface area contributed by atoms with E-state index < -0.39 is 6.04 Å². The summed E-state index contributed by atoms with van der Waals surface area (Å²) in [4.78, 5) is 17.5. The summed E-state index contributed by atoms with van der Waals surface area (Å²) in [5, 5.41) is 18.1. The number of anilines is 2. The molecule has 2 aromatic heterocycles. The number of nitrogens with one attached hydrogen (secondary N) is 2. The maximum atomic E-state index is 13.5. The molecule has 3 heterocycles. The molecule has 2 aromatic carbocycles. The fraction of sp³-hybridized carbons (Fsp3) is 0.192. The molecule has 2 N–H and O–H groups in total. The number of pyridine rings is 1. The SMILES string of the molecule is CCOc1cc([C@H]2C(C(=O)Nc3cccnc3)=C(C)Nc3nnnn32)ccc1OCc1ccccc1. The van der Waals surface area contributed by atoms with Crippen molar-refractivity contribution in [3.05, 3.63) is 95.5 Å². The first kappa shape index (κ1) is 23.0. The van der Waals surface area contributed by atoms with Gasteiger partial charge in [0, 0.05) is 11.9 Å². The molecule has 36 heavy (non-hydrogen) atoms. The summed E-state index contributed by atoms with van der Waals surface area (Å²) in [6.07, 6.45) is 3.24. The Bertz CT molecular complexity index is 1390. The summed E-state index contributed by atoms with van der Waals surface area (Å²) in [7, 11) is 0. The maximum absolute atomic E-state index is 13.5. The van der Waals surface area contributed by atoms with E-state index in [4.69, 9.17) is 9.47 Å². The Morgan fingerprint density at radius 3 is 2.72 bits per heavy atom. The van der Waals surface area contributed by atoms with Crippen LogP contribution in [0.1, 0.15) is 31.0 Å². The van der Waals surface area contributed by atoms with Crippen LogP contribution in [0.4, 0.5) is 11.6 Å². The van der Waals surface area contributed by atoms with Gasteiger partial charge in [-0.25, -0.2) is 0 Å². The quantitative estimate of drug-likeness (QED) is 0.387. The number of hydrogen-bond donors (Lipinski definition) is 2. The highest BCUT2D eigenvalue weighted by molar-refractivity contribution is 6.05. The van der Waals surface area contributed by atoms with Crippen molar-refractivity contribution in [3.63, 3.8) is 0 Å². The third kappa shape index (κ3) is 4.74. The molecule has 0 saturated heterocycles. The Morgan fingerprint density at radius 2 is 1.94 bits per heavy atom. The van der Waals surface area contributed by atoms with Crippen molar-refractivity contribution in [1.82, 2.24) is 25.2 Å². The van der Waals surface area contributed by atoms with Crippen LogP contribution in [-0.4, -0.2) is 37.7 Å². The van der Waals surface area contributed by atoms with Crippen molar-refractivity contribution in [2.45, 2.75) is 26.5 Å². The number of carbonyl (C=O) groups excluding carboxylic acids is 1. The van der Waals surface area contributed by atoms with Crippen LogP contribution in [-0.2, 0) is 11.4 Å². The van der Waals surface area contributed by atoms with E-state index in [1.807, 2.05) is 62.4 Å². The zero-order valence-electron chi connectivity index (χ0n) is 19.9. The number of allylic oxidation sites excluding steroid dienone is 1. The van der Waals surface area contributed by atoms with Gasteiger partial charge in [-0.15, -0.1) is 0 Å². The van der Waals surface area contributed by atoms with Gasteiger partial charge in [0.1, 0.15) is 12.6 Å². The van der Waals surface area contributed by atoms with Crippen molar-refractivity contribution in [2.24, 2.45) is 0 Å². The van der Waals surface area contributed by atoms with Crippen molar-refractivity contribution in [3.8, 4) is 11.5 Å². The van der Waals surface area contributed by atoms with Gasteiger partial charge >= 0.3 is 0 Å². The Morgan fingerprint density at radius 1 is 1.08 bits per heavy atom. The standard InChI is InChI=1S/C26H25N7O3/c1-3-35-22-14-19(11-12-21(22)36-16-18-8-5-4-6-9-18)24-23(17(2)28-26-30-31-32-33(24)26)25(34)29-20-10-7-13-27-15-20/h4-15,24H,3,16H2,1-2H3,(H,29,34)(H,28,30,32)/t24-/m0/s1. The molecule has 182 valence electrons. The number of carbonyl (C=O) groups is 1. The molecule has 0 radical (unpaired) electrons. The van der Waals surface area contributed by atoms with Crippen LogP contribution in [0.2, 0.25) is 0 Å². The Labute approximate surface area is 208 Å². The monoisotopic (exact) mass is 483 g/mol. The zero-order valence-corrected chi connectivity index (χ0v) is 19.9. The highest BCUT2D eigenvalue weighted by Gasteiger charge is 2.34. The first-order valence-corrected chi connectivity index (χ1v) is 11.5. The minimum Gasteiger partial charge on any atom is -0.490 e. The minimum atomic E-state index is -0.588. The third-order valence-corrected chi connectivity index (χ3v) is 5.70. The highest BCUT2D eigenvalue weighted by atomic mass is 16.5. The van der Waals surface area contributed by atoms with E-state index in [1.54, 1.807) is 29.2 Å². The number of rotatable bonds is 8. The fourth-order valence-corrected chi connectivity index (χ4v) is 4.07. The molecule has 0 fully saturated rings. The van der Waals surface area contributed by atoms with Gasteiger partial charge in [0.25, 0.3) is 5.91 Å². The molecule has 1 aliphatic rings. The first-order chi connectivity index (χ1) is 17.6. The number of aromatic nitrogens is 5. The lowest BCUT2D eigenvalue weighted by Crippen LogP contribution is -2.31. The van der Waals surface area contributed by atoms with E-state index in [2.05, 4.69) is 31.1 Å². The zero-order chi connectivity index (χ0) is 24.9. The Hall–Kier alpha value is -4.73. The van der Waals surface area contributed by atoms with Gasteiger partial charge in [-0.3, -0.25) is 9.78 Å². The van der Waals surface area contributed by atoms with E-state index in [0.717, 1.165) is 11.1 Å². The lowest BCUT2D eigenvalue weighted by atomic mass is 9.94. The second kappa shape index (κ2) is 10.3. The van der Waals surface area contributed by atoms with Crippen molar-refractivity contribution >= 4 is 17.5 Å². The molecular weight excluding hydrogens is 458 g/mol. The topological polar surface area (TPSA) is 116 Å². The summed E-state index contributed by atoms with van der Waals surface area (Å²) in [5.74, 6) is 1.33. The molecule has 0 saturated carbocycles. The average Bonchev–Trinajstić information content (AvgIpc) is 3.36. The highest BCUT2D eigenvalue weighted by Crippen LogP contribution is 2.39. The number of amides is 1. The van der Waals surface area contributed by atoms with E-state index in [-0.39, 0.29) is 5.91 Å². The number of hydrogen-bond acceptors (Lipinski definition) is 8. The number of benzene rings is 2. The van der Waals surface area contributed by atoms with Gasteiger partial charge in [0.05, 0.1) is 24.1 Å². The summed E-state index contributed by atoms with van der Waals surface area (Å²) >= 11 is 0. The molecule has 0 aliphatic carbocycles. The predicted molar refractivity (Wildman–Crippen MR) is 134 cm³/mol. The van der Waals surface area contributed by atoms with Gasteiger partial charge in [0.15, 0.2) is 11.5 Å². The molecule has 10 nitrogen and oxygen atoms in total. The second-order valence-corrected chi connectivity index (χ2v) is 8.12. The average molecular weight is 484 g/mol. The van der Waals surface area contributed by atoms with Crippen LogP contribution in [0.25, 0.3) is 0 Å². The van der Waals surface area contributed by atoms with E-state index >= 15 is 0 Å². The predicted octanol–water partition coefficient (Wildman–Crippen LogP) is 3.97. The first-order valence-electron chi connectivity index (χ1n) is 11.5. The Balaban J connectivity index is 1.50. The molecule has 5 rings (SSSR count).